The maximum atomic E-state index is 2.41. The summed E-state index contributed by atoms with van der Waals surface area (Å²) in [4.78, 5) is 0. The zero-order valence-corrected chi connectivity index (χ0v) is 6.28. The molecule has 2 atom stereocenters. The predicted octanol–water partition coefficient (Wildman–Crippen LogP) is 2.75. The molecule has 2 aliphatic rings. The van der Waals surface area contributed by atoms with Crippen molar-refractivity contribution < 1.29 is 0 Å². The van der Waals surface area contributed by atoms with Crippen LogP contribution in [0.15, 0.2) is 12.2 Å². The predicted molar refractivity (Wildman–Crippen MR) is 39.2 cm³/mol. The van der Waals surface area contributed by atoms with Crippen LogP contribution in [0.3, 0.4) is 0 Å². The van der Waals surface area contributed by atoms with Crippen LogP contribution in [-0.2, 0) is 0 Å². The molecular weight excluding hydrogens is 108 g/mol. The van der Waals surface area contributed by atoms with Crippen LogP contribution in [0.5, 0.6) is 0 Å². The first-order valence-corrected chi connectivity index (χ1v) is 3.81. The van der Waals surface area contributed by atoms with Gasteiger partial charge in [-0.3, -0.25) is 0 Å². The van der Waals surface area contributed by atoms with Crippen molar-refractivity contribution in [2.24, 2.45) is 10.8 Å². The van der Waals surface area contributed by atoms with Crippen molar-refractivity contribution in [1.82, 2.24) is 0 Å². The molecule has 2 rings (SSSR count). The monoisotopic (exact) mass is 122 g/mol. The third-order valence-electron chi connectivity index (χ3n) is 3.42. The van der Waals surface area contributed by atoms with E-state index in [9.17, 15) is 0 Å². The van der Waals surface area contributed by atoms with Crippen molar-refractivity contribution in [1.29, 1.82) is 0 Å². The summed E-state index contributed by atoms with van der Waals surface area (Å²) in [5.41, 5.74) is 1.39. The minimum Gasteiger partial charge on any atom is -0.0880 e. The van der Waals surface area contributed by atoms with E-state index in [1.54, 1.807) is 0 Å². The van der Waals surface area contributed by atoms with E-state index >= 15 is 0 Å². The maximum absolute atomic E-state index is 2.41. The van der Waals surface area contributed by atoms with Crippen LogP contribution in [0.2, 0.25) is 0 Å². The van der Waals surface area contributed by atoms with E-state index in [2.05, 4.69) is 26.0 Å². The number of fused-ring (bicyclic) bond motifs is 1. The molecule has 0 heteroatoms. The van der Waals surface area contributed by atoms with Gasteiger partial charge in [-0.1, -0.05) is 26.0 Å². The molecule has 0 saturated heterocycles. The second kappa shape index (κ2) is 1.25. The van der Waals surface area contributed by atoms with Gasteiger partial charge in [0.2, 0.25) is 0 Å². The van der Waals surface area contributed by atoms with Crippen molar-refractivity contribution in [2.75, 3.05) is 0 Å². The molecule has 50 valence electrons. The molecule has 0 radical (unpaired) electrons. The van der Waals surface area contributed by atoms with Crippen molar-refractivity contribution >= 4 is 0 Å². The first-order valence-electron chi connectivity index (χ1n) is 3.81. The first-order chi connectivity index (χ1) is 4.16. The number of allylic oxidation sites excluding steroid dienone is 2. The summed E-state index contributed by atoms with van der Waals surface area (Å²) < 4.78 is 0. The zero-order valence-electron chi connectivity index (χ0n) is 6.28. The fourth-order valence-corrected chi connectivity index (χ4v) is 2.14. The Morgan fingerprint density at radius 1 is 1.00 bits per heavy atom. The maximum Gasteiger partial charge on any atom is -0.0229 e. The fraction of sp³-hybridized carbons (Fsp3) is 0.778. The highest BCUT2D eigenvalue weighted by atomic mass is 14.6. The van der Waals surface area contributed by atoms with Gasteiger partial charge in [0.1, 0.15) is 0 Å². The van der Waals surface area contributed by atoms with Gasteiger partial charge in [-0.2, -0.15) is 0 Å². The van der Waals surface area contributed by atoms with Gasteiger partial charge in [-0.05, 0) is 30.1 Å². The second-order valence-corrected chi connectivity index (χ2v) is 4.18. The molecule has 0 amide bonds. The molecule has 0 unspecified atom stereocenters. The number of rotatable bonds is 0. The molecule has 1 saturated carbocycles. The lowest BCUT2D eigenvalue weighted by molar-refractivity contribution is 0.380. The van der Waals surface area contributed by atoms with Crippen molar-refractivity contribution in [3.05, 3.63) is 12.2 Å². The molecule has 0 heterocycles. The quantitative estimate of drug-likeness (QED) is 0.433. The average Bonchev–Trinajstić information content (AvgIpc) is 2.33. The summed E-state index contributed by atoms with van der Waals surface area (Å²) >= 11 is 0. The molecule has 0 aromatic carbocycles. The normalized spacial score (nSPS) is 54.9. The Balaban J connectivity index is 2.27. The molecule has 2 aliphatic carbocycles. The average molecular weight is 122 g/mol. The van der Waals surface area contributed by atoms with Crippen LogP contribution in [0.4, 0.5) is 0 Å². The van der Waals surface area contributed by atoms with Gasteiger partial charge < -0.3 is 0 Å². The van der Waals surface area contributed by atoms with Gasteiger partial charge in [-0.15, -0.1) is 0 Å². The highest BCUT2D eigenvalue weighted by Crippen LogP contribution is 2.69. The Morgan fingerprint density at radius 2 is 1.44 bits per heavy atom. The van der Waals surface area contributed by atoms with E-state index in [0.717, 1.165) is 0 Å². The van der Waals surface area contributed by atoms with Gasteiger partial charge >= 0.3 is 0 Å². The molecule has 0 aromatic heterocycles. The lowest BCUT2D eigenvalue weighted by Gasteiger charge is -2.19. The molecule has 0 spiro atoms. The van der Waals surface area contributed by atoms with Gasteiger partial charge in [0.05, 0.1) is 0 Å². The van der Waals surface area contributed by atoms with E-state index in [1.165, 1.54) is 19.3 Å². The van der Waals surface area contributed by atoms with Crippen molar-refractivity contribution in [3.63, 3.8) is 0 Å². The van der Waals surface area contributed by atoms with E-state index in [-0.39, 0.29) is 0 Å². The van der Waals surface area contributed by atoms with Crippen LogP contribution < -0.4 is 0 Å². The topological polar surface area (TPSA) is 0 Å². The van der Waals surface area contributed by atoms with Gasteiger partial charge in [0.25, 0.3) is 0 Å². The summed E-state index contributed by atoms with van der Waals surface area (Å²) in [6.07, 6.45) is 8.78. The second-order valence-electron chi connectivity index (χ2n) is 4.18. The lowest BCUT2D eigenvalue weighted by Crippen LogP contribution is -2.08. The SMILES string of the molecule is C[C@@]12CC=CC[C@]1(C)C2. The fourth-order valence-electron chi connectivity index (χ4n) is 2.14. The summed E-state index contributed by atoms with van der Waals surface area (Å²) in [6, 6.07) is 0. The summed E-state index contributed by atoms with van der Waals surface area (Å²) in [5, 5.41) is 0. The van der Waals surface area contributed by atoms with E-state index in [1.807, 2.05) is 0 Å². The summed E-state index contributed by atoms with van der Waals surface area (Å²) in [7, 11) is 0. The molecule has 0 aromatic rings. The van der Waals surface area contributed by atoms with Gasteiger partial charge in [-0.25, -0.2) is 0 Å². The summed E-state index contributed by atoms with van der Waals surface area (Å²) in [6.45, 7) is 4.83. The Kier molecular flexibility index (Phi) is 0.769. The van der Waals surface area contributed by atoms with E-state index < -0.39 is 0 Å². The Labute approximate surface area is 57.0 Å². The van der Waals surface area contributed by atoms with Crippen LogP contribution in [0, 0.1) is 10.8 Å². The van der Waals surface area contributed by atoms with E-state index in [0.29, 0.717) is 10.8 Å². The minimum atomic E-state index is 0.696. The number of hydrogen-bond donors (Lipinski definition) is 0. The highest BCUT2D eigenvalue weighted by Gasteiger charge is 2.59. The van der Waals surface area contributed by atoms with Crippen LogP contribution in [-0.4, -0.2) is 0 Å². The molecular formula is C9H14. The van der Waals surface area contributed by atoms with Gasteiger partial charge in [0.15, 0.2) is 0 Å². The standard InChI is InChI=1S/C9H14/c1-8-5-3-4-6-9(8,2)7-8/h3-4H,5-7H2,1-2H3/t8-,9+. The van der Waals surface area contributed by atoms with Crippen molar-refractivity contribution in [3.8, 4) is 0 Å². The number of hydrogen-bond acceptors (Lipinski definition) is 0. The van der Waals surface area contributed by atoms with Crippen LogP contribution in [0.25, 0.3) is 0 Å². The lowest BCUT2D eigenvalue weighted by atomic mass is 9.86. The highest BCUT2D eigenvalue weighted by molar-refractivity contribution is 5.18. The third-order valence-corrected chi connectivity index (χ3v) is 3.42. The van der Waals surface area contributed by atoms with E-state index in [4.69, 9.17) is 0 Å². The minimum absolute atomic E-state index is 0.696. The molecule has 0 nitrogen and oxygen atoms in total. The Morgan fingerprint density at radius 3 is 1.78 bits per heavy atom. The molecule has 0 aliphatic heterocycles. The third kappa shape index (κ3) is 0.540. The Bertz CT molecular complexity index is 151. The van der Waals surface area contributed by atoms with Crippen molar-refractivity contribution in [2.45, 2.75) is 33.1 Å². The van der Waals surface area contributed by atoms with Crippen LogP contribution >= 0.6 is 0 Å². The largest absolute Gasteiger partial charge is 0.0880 e. The molecule has 1 fully saturated rings. The summed E-state index contributed by atoms with van der Waals surface area (Å²) in [5.74, 6) is 0. The molecule has 0 bridgehead atoms. The smallest absolute Gasteiger partial charge is 0.0229 e. The zero-order chi connectivity index (χ0) is 6.54. The first kappa shape index (κ1) is 5.52. The van der Waals surface area contributed by atoms with Gasteiger partial charge in [0, 0.05) is 0 Å². The molecule has 9 heavy (non-hydrogen) atoms. The molecule has 0 N–H and O–H groups in total. The Hall–Kier alpha value is -0.260. The van der Waals surface area contributed by atoms with Crippen LogP contribution in [0.1, 0.15) is 33.1 Å².